The van der Waals surface area contributed by atoms with Gasteiger partial charge in [-0.1, -0.05) is 19.1 Å². The summed E-state index contributed by atoms with van der Waals surface area (Å²) in [6.07, 6.45) is 6.90. The Morgan fingerprint density at radius 2 is 2.20 bits per heavy atom. The van der Waals surface area contributed by atoms with E-state index in [9.17, 15) is 0 Å². The second kappa shape index (κ2) is 5.73. The molecule has 15 heavy (non-hydrogen) atoms. The summed E-state index contributed by atoms with van der Waals surface area (Å²) in [6, 6.07) is 9.85. The molecule has 76 valence electrons. The summed E-state index contributed by atoms with van der Waals surface area (Å²) in [5.41, 5.74) is 1.52. The minimum atomic E-state index is 0.240. The monoisotopic (exact) mass is 198 g/mol. The van der Waals surface area contributed by atoms with Gasteiger partial charge in [0, 0.05) is 12.5 Å². The second-order valence-corrected chi connectivity index (χ2v) is 3.32. The van der Waals surface area contributed by atoms with Crippen LogP contribution in [0.15, 0.2) is 24.3 Å². The van der Waals surface area contributed by atoms with Gasteiger partial charge in [-0.25, -0.2) is 0 Å². The molecule has 0 radical (unpaired) electrons. The van der Waals surface area contributed by atoms with Gasteiger partial charge < -0.3 is 5.32 Å². The third-order valence-electron chi connectivity index (χ3n) is 2.26. The van der Waals surface area contributed by atoms with E-state index in [0.717, 1.165) is 12.1 Å². The van der Waals surface area contributed by atoms with E-state index in [-0.39, 0.29) is 6.04 Å². The van der Waals surface area contributed by atoms with Gasteiger partial charge in [0.2, 0.25) is 0 Å². The molecule has 0 fully saturated rings. The van der Waals surface area contributed by atoms with E-state index in [4.69, 9.17) is 11.7 Å². The lowest BCUT2D eigenvalue weighted by Gasteiger charge is -2.16. The molecule has 1 aromatic carbocycles. The summed E-state index contributed by atoms with van der Waals surface area (Å²) in [4.78, 5) is 0. The number of terminal acetylenes is 1. The van der Waals surface area contributed by atoms with Crippen LogP contribution in [-0.2, 0) is 0 Å². The third-order valence-corrected chi connectivity index (χ3v) is 2.26. The molecule has 0 heterocycles. The van der Waals surface area contributed by atoms with Crippen LogP contribution in [0.5, 0.6) is 0 Å². The van der Waals surface area contributed by atoms with Crippen LogP contribution in [0.25, 0.3) is 0 Å². The maximum atomic E-state index is 8.90. The smallest absolute Gasteiger partial charge is 0.101 e. The molecule has 1 aromatic rings. The van der Waals surface area contributed by atoms with Crippen LogP contribution in [0.3, 0.4) is 0 Å². The van der Waals surface area contributed by atoms with Crippen LogP contribution in [0.2, 0.25) is 0 Å². The number of anilines is 1. The maximum Gasteiger partial charge on any atom is 0.101 e. The van der Waals surface area contributed by atoms with Crippen molar-refractivity contribution >= 4 is 5.69 Å². The van der Waals surface area contributed by atoms with Gasteiger partial charge in [-0.15, -0.1) is 12.3 Å². The summed E-state index contributed by atoms with van der Waals surface area (Å²) in [6.45, 7) is 2.07. The molecule has 0 aliphatic heterocycles. The van der Waals surface area contributed by atoms with Crippen LogP contribution in [0.4, 0.5) is 5.69 Å². The number of rotatable bonds is 4. The highest BCUT2D eigenvalue weighted by molar-refractivity contribution is 5.57. The fourth-order valence-electron chi connectivity index (χ4n) is 1.37. The second-order valence-electron chi connectivity index (χ2n) is 3.32. The highest BCUT2D eigenvalue weighted by Gasteiger charge is 2.06. The Labute approximate surface area is 90.9 Å². The minimum Gasteiger partial charge on any atom is -0.380 e. The lowest BCUT2D eigenvalue weighted by Crippen LogP contribution is -2.18. The first-order chi connectivity index (χ1) is 7.31. The number of nitrogens with one attached hydrogen (secondary N) is 1. The number of hydrogen-bond acceptors (Lipinski definition) is 2. The minimum absolute atomic E-state index is 0.240. The Balaban J connectivity index is 2.80. The molecule has 2 heteroatoms. The average molecular weight is 198 g/mol. The highest BCUT2D eigenvalue weighted by atomic mass is 14.9. The Morgan fingerprint density at radius 1 is 1.47 bits per heavy atom. The number of hydrogen-bond donors (Lipinski definition) is 1. The van der Waals surface area contributed by atoms with Crippen molar-refractivity contribution < 1.29 is 0 Å². The summed E-state index contributed by atoms with van der Waals surface area (Å²) >= 11 is 0. The lowest BCUT2D eigenvalue weighted by atomic mass is 10.1. The van der Waals surface area contributed by atoms with Crippen molar-refractivity contribution in [2.24, 2.45) is 0 Å². The van der Waals surface area contributed by atoms with E-state index in [0.29, 0.717) is 12.0 Å². The Kier molecular flexibility index (Phi) is 4.26. The molecule has 0 bridgehead atoms. The van der Waals surface area contributed by atoms with Crippen molar-refractivity contribution in [1.29, 1.82) is 5.26 Å². The Morgan fingerprint density at radius 3 is 2.80 bits per heavy atom. The summed E-state index contributed by atoms with van der Waals surface area (Å²) in [5, 5.41) is 12.2. The zero-order valence-electron chi connectivity index (χ0n) is 8.83. The Bertz CT molecular complexity index is 396. The fourth-order valence-corrected chi connectivity index (χ4v) is 1.37. The van der Waals surface area contributed by atoms with Crippen LogP contribution >= 0.6 is 0 Å². The van der Waals surface area contributed by atoms with Crippen LogP contribution < -0.4 is 5.32 Å². The van der Waals surface area contributed by atoms with Gasteiger partial charge in [0.15, 0.2) is 0 Å². The maximum absolute atomic E-state index is 8.90. The van der Waals surface area contributed by atoms with Gasteiger partial charge in [-0.3, -0.25) is 0 Å². The van der Waals surface area contributed by atoms with Crippen molar-refractivity contribution in [3.63, 3.8) is 0 Å². The average Bonchev–Trinajstić information content (AvgIpc) is 2.29. The van der Waals surface area contributed by atoms with E-state index >= 15 is 0 Å². The fraction of sp³-hybridized carbons (Fsp3) is 0.308. The molecule has 1 atom stereocenters. The van der Waals surface area contributed by atoms with Crippen LogP contribution in [-0.4, -0.2) is 6.04 Å². The molecule has 0 aliphatic rings. The molecule has 0 aromatic heterocycles. The van der Waals surface area contributed by atoms with E-state index < -0.39 is 0 Å². The predicted octanol–water partition coefficient (Wildman–Crippen LogP) is 2.77. The van der Waals surface area contributed by atoms with Gasteiger partial charge in [0.05, 0.1) is 11.3 Å². The zero-order valence-corrected chi connectivity index (χ0v) is 8.83. The third kappa shape index (κ3) is 3.04. The molecular weight excluding hydrogens is 184 g/mol. The van der Waals surface area contributed by atoms with Crippen molar-refractivity contribution in [1.82, 2.24) is 0 Å². The van der Waals surface area contributed by atoms with Gasteiger partial charge in [-0.2, -0.15) is 5.26 Å². The molecular formula is C13H14N2. The first-order valence-electron chi connectivity index (χ1n) is 5.01. The standard InChI is InChI=1S/C13H14N2/c1-3-7-12(4-2)15-13-9-6-5-8-11(13)10-14/h1,5-6,8-9,12,15H,4,7H2,2H3. The van der Waals surface area contributed by atoms with Gasteiger partial charge in [0.25, 0.3) is 0 Å². The van der Waals surface area contributed by atoms with Crippen LogP contribution in [0, 0.1) is 23.7 Å². The molecule has 0 saturated heterocycles. The summed E-state index contributed by atoms with van der Waals surface area (Å²) in [5.74, 6) is 2.63. The quantitative estimate of drug-likeness (QED) is 0.755. The van der Waals surface area contributed by atoms with Crippen molar-refractivity contribution in [3.05, 3.63) is 29.8 Å². The molecule has 0 spiro atoms. The van der Waals surface area contributed by atoms with Gasteiger partial charge in [-0.05, 0) is 18.6 Å². The predicted molar refractivity (Wildman–Crippen MR) is 62.3 cm³/mol. The molecule has 1 unspecified atom stereocenters. The highest BCUT2D eigenvalue weighted by Crippen LogP contribution is 2.16. The summed E-state index contributed by atoms with van der Waals surface area (Å²) < 4.78 is 0. The molecule has 0 amide bonds. The van der Waals surface area contributed by atoms with E-state index in [2.05, 4.69) is 24.2 Å². The molecule has 0 saturated carbocycles. The first kappa shape index (κ1) is 11.1. The Hall–Kier alpha value is -1.93. The first-order valence-corrected chi connectivity index (χ1v) is 5.01. The molecule has 1 rings (SSSR count). The van der Waals surface area contributed by atoms with E-state index in [1.165, 1.54) is 0 Å². The van der Waals surface area contributed by atoms with Gasteiger partial charge >= 0.3 is 0 Å². The van der Waals surface area contributed by atoms with E-state index in [1.807, 2.05) is 18.2 Å². The molecule has 2 nitrogen and oxygen atoms in total. The van der Waals surface area contributed by atoms with Crippen molar-refractivity contribution in [2.45, 2.75) is 25.8 Å². The normalized spacial score (nSPS) is 11.1. The number of para-hydroxylation sites is 1. The molecule has 1 N–H and O–H groups in total. The number of nitrogens with zero attached hydrogens (tertiary/aromatic N) is 1. The molecule has 0 aliphatic carbocycles. The summed E-state index contributed by atoms with van der Waals surface area (Å²) in [7, 11) is 0. The van der Waals surface area contributed by atoms with Crippen molar-refractivity contribution in [2.75, 3.05) is 5.32 Å². The van der Waals surface area contributed by atoms with Crippen molar-refractivity contribution in [3.8, 4) is 18.4 Å². The van der Waals surface area contributed by atoms with Gasteiger partial charge in [0.1, 0.15) is 6.07 Å². The lowest BCUT2D eigenvalue weighted by molar-refractivity contribution is 0.715. The van der Waals surface area contributed by atoms with Crippen LogP contribution in [0.1, 0.15) is 25.3 Å². The zero-order chi connectivity index (χ0) is 11.1. The number of benzene rings is 1. The topological polar surface area (TPSA) is 35.8 Å². The number of nitriles is 1. The largest absolute Gasteiger partial charge is 0.380 e. The SMILES string of the molecule is C#CCC(CC)Nc1ccccc1C#N. The van der Waals surface area contributed by atoms with E-state index in [1.54, 1.807) is 6.07 Å².